The van der Waals surface area contributed by atoms with Crippen LogP contribution in [0.25, 0.3) is 0 Å². The Kier molecular flexibility index (Phi) is 6.57. The van der Waals surface area contributed by atoms with Crippen molar-refractivity contribution in [2.24, 2.45) is 0 Å². The van der Waals surface area contributed by atoms with E-state index in [0.717, 1.165) is 5.75 Å². The number of thioether (sulfide) groups is 1. The van der Waals surface area contributed by atoms with E-state index < -0.39 is 6.04 Å². The summed E-state index contributed by atoms with van der Waals surface area (Å²) in [5, 5.41) is 2.90. The van der Waals surface area contributed by atoms with Crippen molar-refractivity contribution in [3.8, 4) is 0 Å². The molecule has 0 saturated carbocycles. The summed E-state index contributed by atoms with van der Waals surface area (Å²) in [7, 11) is 0. The van der Waals surface area contributed by atoms with Gasteiger partial charge in [0.1, 0.15) is 11.9 Å². The molecule has 0 aliphatic carbocycles. The van der Waals surface area contributed by atoms with Gasteiger partial charge in [0.2, 0.25) is 0 Å². The molecule has 0 radical (unpaired) electrons. The maximum absolute atomic E-state index is 13.5. The zero-order valence-corrected chi connectivity index (χ0v) is 11.4. The number of esters is 1. The minimum Gasteiger partial charge on any atom is -0.464 e. The smallest absolute Gasteiger partial charge is 0.328 e. The number of benzene rings is 1. The molecule has 1 N–H and O–H groups in total. The molecule has 0 spiro atoms. The van der Waals surface area contributed by atoms with E-state index in [4.69, 9.17) is 4.74 Å². The van der Waals surface area contributed by atoms with Gasteiger partial charge in [-0.2, -0.15) is 11.8 Å². The lowest BCUT2D eigenvalue weighted by molar-refractivity contribution is -0.144. The van der Waals surface area contributed by atoms with Crippen LogP contribution in [0.5, 0.6) is 0 Å². The van der Waals surface area contributed by atoms with Crippen molar-refractivity contribution in [1.82, 2.24) is 0 Å². The Morgan fingerprint density at radius 2 is 2.22 bits per heavy atom. The summed E-state index contributed by atoms with van der Waals surface area (Å²) in [5.74, 6) is 0.107. The van der Waals surface area contributed by atoms with E-state index in [1.807, 2.05) is 6.26 Å². The van der Waals surface area contributed by atoms with Crippen LogP contribution in [0.3, 0.4) is 0 Å². The zero-order valence-electron chi connectivity index (χ0n) is 10.6. The van der Waals surface area contributed by atoms with Gasteiger partial charge in [-0.3, -0.25) is 0 Å². The molecule has 0 bridgehead atoms. The Morgan fingerprint density at radius 3 is 2.83 bits per heavy atom. The first kappa shape index (κ1) is 14.8. The number of rotatable bonds is 7. The minimum atomic E-state index is -0.505. The molecule has 3 nitrogen and oxygen atoms in total. The SMILES string of the molecule is CCOC(=O)C(CCSC)Nc1ccccc1F. The third-order valence-electron chi connectivity index (χ3n) is 2.39. The molecule has 5 heteroatoms. The molecule has 0 amide bonds. The fourth-order valence-electron chi connectivity index (χ4n) is 1.49. The molecule has 0 heterocycles. The van der Waals surface area contributed by atoms with Crippen LogP contribution in [0, 0.1) is 5.82 Å². The number of hydrogen-bond acceptors (Lipinski definition) is 4. The standard InChI is InChI=1S/C13H18FNO2S/c1-3-17-13(16)12(8-9-18-2)15-11-7-5-4-6-10(11)14/h4-7,12,15H,3,8-9H2,1-2H3. The van der Waals surface area contributed by atoms with E-state index >= 15 is 0 Å². The molecular weight excluding hydrogens is 253 g/mol. The number of para-hydroxylation sites is 1. The van der Waals surface area contributed by atoms with Crippen LogP contribution in [0.1, 0.15) is 13.3 Å². The lowest BCUT2D eigenvalue weighted by Gasteiger charge is -2.18. The van der Waals surface area contributed by atoms with Crippen molar-refractivity contribution < 1.29 is 13.9 Å². The summed E-state index contributed by atoms with van der Waals surface area (Å²) in [6.45, 7) is 2.08. The van der Waals surface area contributed by atoms with Crippen molar-refractivity contribution in [2.75, 3.05) is 23.9 Å². The van der Waals surface area contributed by atoms with E-state index in [0.29, 0.717) is 18.7 Å². The monoisotopic (exact) mass is 271 g/mol. The predicted molar refractivity (Wildman–Crippen MR) is 73.4 cm³/mol. The van der Waals surface area contributed by atoms with E-state index in [2.05, 4.69) is 5.32 Å². The highest BCUT2D eigenvalue weighted by atomic mass is 32.2. The van der Waals surface area contributed by atoms with Crippen LogP contribution >= 0.6 is 11.8 Å². The molecule has 1 aromatic rings. The van der Waals surface area contributed by atoms with Gasteiger partial charge in [-0.1, -0.05) is 12.1 Å². The summed E-state index contributed by atoms with van der Waals surface area (Å²) in [6, 6.07) is 5.80. The van der Waals surface area contributed by atoms with E-state index in [1.165, 1.54) is 6.07 Å². The van der Waals surface area contributed by atoms with Gasteiger partial charge in [-0.05, 0) is 37.5 Å². The van der Waals surface area contributed by atoms with Gasteiger partial charge in [0, 0.05) is 0 Å². The van der Waals surface area contributed by atoms with Crippen LogP contribution in [-0.4, -0.2) is 30.6 Å². The van der Waals surface area contributed by atoms with Gasteiger partial charge in [0.05, 0.1) is 12.3 Å². The Hall–Kier alpha value is -1.23. The maximum atomic E-state index is 13.5. The number of carbonyl (C=O) groups excluding carboxylic acids is 1. The molecule has 1 rings (SSSR count). The average Bonchev–Trinajstić information content (AvgIpc) is 2.36. The number of hydrogen-bond donors (Lipinski definition) is 1. The van der Waals surface area contributed by atoms with Gasteiger partial charge in [-0.25, -0.2) is 9.18 Å². The van der Waals surface area contributed by atoms with Gasteiger partial charge in [-0.15, -0.1) is 0 Å². The Morgan fingerprint density at radius 1 is 1.50 bits per heavy atom. The summed E-state index contributed by atoms with van der Waals surface area (Å²) in [5.41, 5.74) is 0.330. The highest BCUT2D eigenvalue weighted by molar-refractivity contribution is 7.98. The quantitative estimate of drug-likeness (QED) is 0.774. The second-order valence-electron chi connectivity index (χ2n) is 3.71. The van der Waals surface area contributed by atoms with Crippen LogP contribution in [0.4, 0.5) is 10.1 Å². The molecule has 18 heavy (non-hydrogen) atoms. The third kappa shape index (κ3) is 4.56. The van der Waals surface area contributed by atoms with Crippen molar-refractivity contribution in [2.45, 2.75) is 19.4 Å². The number of carbonyl (C=O) groups is 1. The maximum Gasteiger partial charge on any atom is 0.328 e. The summed E-state index contributed by atoms with van der Waals surface area (Å²) >= 11 is 1.64. The minimum absolute atomic E-state index is 0.327. The second kappa shape index (κ2) is 7.97. The molecule has 1 atom stereocenters. The zero-order chi connectivity index (χ0) is 13.4. The first-order chi connectivity index (χ1) is 8.69. The van der Waals surface area contributed by atoms with Crippen molar-refractivity contribution in [3.05, 3.63) is 30.1 Å². The first-order valence-electron chi connectivity index (χ1n) is 5.85. The van der Waals surface area contributed by atoms with Gasteiger partial charge in [0.15, 0.2) is 0 Å². The fourth-order valence-corrected chi connectivity index (χ4v) is 1.96. The number of anilines is 1. The number of nitrogens with one attached hydrogen (secondary N) is 1. The third-order valence-corrected chi connectivity index (χ3v) is 3.03. The second-order valence-corrected chi connectivity index (χ2v) is 4.70. The summed E-state index contributed by atoms with van der Waals surface area (Å²) in [6.07, 6.45) is 2.57. The Balaban J connectivity index is 2.71. The molecule has 0 aromatic heterocycles. The van der Waals surface area contributed by atoms with Crippen molar-refractivity contribution in [3.63, 3.8) is 0 Å². The topological polar surface area (TPSA) is 38.3 Å². The Labute approximate surface area is 111 Å². The molecule has 1 aromatic carbocycles. The molecule has 0 aliphatic heterocycles. The molecule has 0 aliphatic rings. The van der Waals surface area contributed by atoms with Crippen LogP contribution in [0.15, 0.2) is 24.3 Å². The van der Waals surface area contributed by atoms with E-state index in [-0.39, 0.29) is 11.8 Å². The van der Waals surface area contributed by atoms with Crippen LogP contribution in [0.2, 0.25) is 0 Å². The normalized spacial score (nSPS) is 11.9. The first-order valence-corrected chi connectivity index (χ1v) is 7.25. The molecule has 1 unspecified atom stereocenters. The average molecular weight is 271 g/mol. The molecule has 100 valence electrons. The van der Waals surface area contributed by atoms with E-state index in [9.17, 15) is 9.18 Å². The fraction of sp³-hybridized carbons (Fsp3) is 0.462. The number of ether oxygens (including phenoxy) is 1. The largest absolute Gasteiger partial charge is 0.464 e. The molecule has 0 saturated heterocycles. The highest BCUT2D eigenvalue weighted by Crippen LogP contribution is 2.16. The number of halogens is 1. The van der Waals surface area contributed by atoms with E-state index in [1.54, 1.807) is 36.9 Å². The van der Waals surface area contributed by atoms with Crippen molar-refractivity contribution >= 4 is 23.4 Å². The summed E-state index contributed by atoms with van der Waals surface area (Å²) < 4.78 is 18.5. The van der Waals surface area contributed by atoms with Gasteiger partial charge >= 0.3 is 5.97 Å². The lowest BCUT2D eigenvalue weighted by atomic mass is 10.2. The van der Waals surface area contributed by atoms with Gasteiger partial charge < -0.3 is 10.1 Å². The summed E-state index contributed by atoms with van der Waals surface area (Å²) in [4.78, 5) is 11.7. The molecular formula is C13H18FNO2S. The van der Waals surface area contributed by atoms with Crippen molar-refractivity contribution in [1.29, 1.82) is 0 Å². The van der Waals surface area contributed by atoms with Crippen LogP contribution in [-0.2, 0) is 9.53 Å². The lowest BCUT2D eigenvalue weighted by Crippen LogP contribution is -2.32. The van der Waals surface area contributed by atoms with Crippen LogP contribution < -0.4 is 5.32 Å². The Bertz CT molecular complexity index is 387. The predicted octanol–water partition coefficient (Wildman–Crippen LogP) is 2.92. The molecule has 0 fully saturated rings. The van der Waals surface area contributed by atoms with Gasteiger partial charge in [0.25, 0.3) is 0 Å². The highest BCUT2D eigenvalue weighted by Gasteiger charge is 2.20.